The molecule has 0 amide bonds. The summed E-state index contributed by atoms with van der Waals surface area (Å²) in [7, 11) is 0. The van der Waals surface area contributed by atoms with Crippen molar-refractivity contribution in [2.24, 2.45) is 0 Å². The summed E-state index contributed by atoms with van der Waals surface area (Å²) >= 11 is 13.4. The SMILES string of the molecule is CCn1c(Nc2cc(Cl)cc(Cl)c2)nnc(CSc2ccc(F)cc2)c1=O. The minimum absolute atomic E-state index is 0.238. The molecule has 3 aromatic rings. The number of nitrogens with zero attached hydrogens (tertiary/aromatic N) is 3. The lowest BCUT2D eigenvalue weighted by Crippen LogP contribution is -2.27. The molecule has 0 saturated carbocycles. The van der Waals surface area contributed by atoms with E-state index < -0.39 is 0 Å². The van der Waals surface area contributed by atoms with Crippen molar-refractivity contribution in [3.05, 3.63) is 74.4 Å². The maximum atomic E-state index is 13.0. The molecule has 2 aromatic carbocycles. The van der Waals surface area contributed by atoms with Gasteiger partial charge in [0.2, 0.25) is 5.95 Å². The summed E-state index contributed by atoms with van der Waals surface area (Å²) in [4.78, 5) is 13.6. The van der Waals surface area contributed by atoms with Crippen molar-refractivity contribution >= 4 is 46.6 Å². The van der Waals surface area contributed by atoms with Crippen LogP contribution in [0.4, 0.5) is 16.0 Å². The molecule has 0 unspecified atom stereocenters. The molecule has 0 saturated heterocycles. The fourth-order valence-corrected chi connectivity index (χ4v) is 3.71. The van der Waals surface area contributed by atoms with Crippen LogP contribution in [0.25, 0.3) is 0 Å². The first-order valence-electron chi connectivity index (χ1n) is 8.04. The molecule has 1 N–H and O–H groups in total. The van der Waals surface area contributed by atoms with Crippen LogP contribution in [0, 0.1) is 5.82 Å². The molecule has 0 aliphatic carbocycles. The minimum Gasteiger partial charge on any atom is -0.324 e. The number of thioether (sulfide) groups is 1. The molecule has 0 aliphatic rings. The van der Waals surface area contributed by atoms with E-state index in [0.29, 0.717) is 39.7 Å². The van der Waals surface area contributed by atoms with Gasteiger partial charge in [0.05, 0.1) is 0 Å². The molecule has 1 heterocycles. The lowest BCUT2D eigenvalue weighted by molar-refractivity contribution is 0.626. The highest BCUT2D eigenvalue weighted by Gasteiger charge is 2.12. The maximum Gasteiger partial charge on any atom is 0.277 e. The molecule has 0 spiro atoms. The van der Waals surface area contributed by atoms with Crippen LogP contribution >= 0.6 is 35.0 Å². The van der Waals surface area contributed by atoms with E-state index >= 15 is 0 Å². The number of nitrogens with one attached hydrogen (secondary N) is 1. The Morgan fingerprint density at radius 1 is 1.11 bits per heavy atom. The molecule has 0 bridgehead atoms. The van der Waals surface area contributed by atoms with Crippen molar-refractivity contribution < 1.29 is 4.39 Å². The smallest absolute Gasteiger partial charge is 0.277 e. The van der Waals surface area contributed by atoms with Gasteiger partial charge in [0.15, 0.2) is 0 Å². The summed E-state index contributed by atoms with van der Waals surface area (Å²) in [6.07, 6.45) is 0. The van der Waals surface area contributed by atoms with Gasteiger partial charge in [-0.25, -0.2) is 4.39 Å². The maximum absolute atomic E-state index is 13.0. The molecule has 0 atom stereocenters. The number of benzene rings is 2. The third-order valence-electron chi connectivity index (χ3n) is 3.64. The van der Waals surface area contributed by atoms with Gasteiger partial charge >= 0.3 is 0 Å². The summed E-state index contributed by atoms with van der Waals surface area (Å²) in [5.74, 6) is 0.334. The minimum atomic E-state index is -0.302. The molecular weight excluding hydrogens is 410 g/mol. The van der Waals surface area contributed by atoms with Gasteiger partial charge in [-0.15, -0.1) is 22.0 Å². The van der Waals surface area contributed by atoms with Crippen LogP contribution in [0.3, 0.4) is 0 Å². The Morgan fingerprint density at radius 3 is 2.41 bits per heavy atom. The lowest BCUT2D eigenvalue weighted by Gasteiger charge is -2.13. The van der Waals surface area contributed by atoms with E-state index in [0.717, 1.165) is 4.90 Å². The summed E-state index contributed by atoms with van der Waals surface area (Å²) in [5.41, 5.74) is 0.690. The number of rotatable bonds is 6. The Kier molecular flexibility index (Phi) is 6.36. The van der Waals surface area contributed by atoms with E-state index in [2.05, 4.69) is 15.5 Å². The molecule has 0 fully saturated rings. The number of aromatic nitrogens is 3. The van der Waals surface area contributed by atoms with E-state index in [-0.39, 0.29) is 11.4 Å². The molecule has 140 valence electrons. The Hall–Kier alpha value is -2.09. The zero-order valence-electron chi connectivity index (χ0n) is 14.2. The van der Waals surface area contributed by atoms with Crippen LogP contribution in [0.15, 0.2) is 52.2 Å². The predicted molar refractivity (Wildman–Crippen MR) is 108 cm³/mol. The topological polar surface area (TPSA) is 59.8 Å². The fraction of sp³-hybridized carbons (Fsp3) is 0.167. The van der Waals surface area contributed by atoms with Gasteiger partial charge < -0.3 is 5.32 Å². The van der Waals surface area contributed by atoms with Crippen molar-refractivity contribution in [1.82, 2.24) is 14.8 Å². The van der Waals surface area contributed by atoms with Gasteiger partial charge in [-0.3, -0.25) is 9.36 Å². The average molecular weight is 425 g/mol. The summed E-state index contributed by atoms with van der Waals surface area (Å²) in [6.45, 7) is 2.26. The molecule has 5 nitrogen and oxygen atoms in total. The quantitative estimate of drug-likeness (QED) is 0.555. The highest BCUT2D eigenvalue weighted by atomic mass is 35.5. The van der Waals surface area contributed by atoms with Crippen molar-refractivity contribution in [2.45, 2.75) is 24.1 Å². The number of anilines is 2. The predicted octanol–water partition coefficient (Wildman–Crippen LogP) is 5.14. The third-order valence-corrected chi connectivity index (χ3v) is 5.10. The van der Waals surface area contributed by atoms with Crippen molar-refractivity contribution in [2.75, 3.05) is 5.32 Å². The monoisotopic (exact) mass is 424 g/mol. The lowest BCUT2D eigenvalue weighted by atomic mass is 10.3. The zero-order chi connectivity index (χ0) is 19.4. The first-order valence-corrected chi connectivity index (χ1v) is 9.78. The summed E-state index contributed by atoms with van der Waals surface area (Å²) in [5, 5.41) is 12.1. The molecule has 1 aromatic heterocycles. The average Bonchev–Trinajstić information content (AvgIpc) is 2.62. The van der Waals surface area contributed by atoms with Crippen LogP contribution in [0.2, 0.25) is 10.0 Å². The molecule has 27 heavy (non-hydrogen) atoms. The van der Waals surface area contributed by atoms with Gasteiger partial charge in [0.25, 0.3) is 5.56 Å². The molecule has 3 rings (SSSR count). The second-order valence-corrected chi connectivity index (χ2v) is 7.47. The van der Waals surface area contributed by atoms with Crippen molar-refractivity contribution in [3.8, 4) is 0 Å². The Labute approximate surface area is 169 Å². The largest absolute Gasteiger partial charge is 0.324 e. The number of hydrogen-bond acceptors (Lipinski definition) is 5. The first kappa shape index (κ1) is 19.7. The molecular formula is C18H15Cl2FN4OS. The van der Waals surface area contributed by atoms with Crippen LogP contribution in [-0.4, -0.2) is 14.8 Å². The van der Waals surface area contributed by atoms with Gasteiger partial charge in [0.1, 0.15) is 11.5 Å². The fourth-order valence-electron chi connectivity index (χ4n) is 2.37. The van der Waals surface area contributed by atoms with E-state index in [4.69, 9.17) is 23.2 Å². The molecule has 0 aliphatic heterocycles. The standard InChI is InChI=1S/C18H15Cl2FN4OS/c1-2-25-17(26)16(10-27-15-5-3-13(21)4-6-15)23-24-18(25)22-14-8-11(19)7-12(20)9-14/h3-9H,2,10H2,1H3,(H,22,24). The van der Waals surface area contributed by atoms with Gasteiger partial charge in [-0.2, -0.15) is 0 Å². The van der Waals surface area contributed by atoms with Crippen LogP contribution in [0.1, 0.15) is 12.6 Å². The second kappa shape index (κ2) is 8.73. The number of halogens is 3. The van der Waals surface area contributed by atoms with E-state index in [1.807, 2.05) is 6.92 Å². The van der Waals surface area contributed by atoms with Crippen molar-refractivity contribution in [3.63, 3.8) is 0 Å². The van der Waals surface area contributed by atoms with Gasteiger partial charge in [0, 0.05) is 32.9 Å². The Balaban J connectivity index is 1.82. The Bertz CT molecular complexity index is 991. The van der Waals surface area contributed by atoms with Gasteiger partial charge in [-0.05, 0) is 49.4 Å². The van der Waals surface area contributed by atoms with E-state index in [9.17, 15) is 9.18 Å². The number of hydrogen-bond donors (Lipinski definition) is 1. The molecule has 0 radical (unpaired) electrons. The highest BCUT2D eigenvalue weighted by molar-refractivity contribution is 7.98. The van der Waals surface area contributed by atoms with Gasteiger partial charge in [-0.1, -0.05) is 23.2 Å². The zero-order valence-corrected chi connectivity index (χ0v) is 16.6. The van der Waals surface area contributed by atoms with Crippen LogP contribution < -0.4 is 10.9 Å². The first-order chi connectivity index (χ1) is 13.0. The summed E-state index contributed by atoms with van der Waals surface area (Å²) < 4.78 is 14.5. The highest BCUT2D eigenvalue weighted by Crippen LogP contribution is 2.25. The summed E-state index contributed by atoms with van der Waals surface area (Å²) in [6, 6.07) is 11.0. The normalized spacial score (nSPS) is 10.8. The van der Waals surface area contributed by atoms with E-state index in [1.54, 1.807) is 30.3 Å². The van der Waals surface area contributed by atoms with Crippen molar-refractivity contribution in [1.29, 1.82) is 0 Å². The van der Waals surface area contributed by atoms with Crippen LogP contribution in [-0.2, 0) is 12.3 Å². The van der Waals surface area contributed by atoms with E-state index in [1.165, 1.54) is 28.5 Å². The van der Waals surface area contributed by atoms with Crippen LogP contribution in [0.5, 0.6) is 0 Å². The third kappa shape index (κ3) is 5.00. The molecule has 9 heteroatoms. The Morgan fingerprint density at radius 2 is 1.78 bits per heavy atom. The second-order valence-electron chi connectivity index (χ2n) is 5.55.